The van der Waals surface area contributed by atoms with E-state index >= 15 is 0 Å². The van der Waals surface area contributed by atoms with Gasteiger partial charge >= 0.3 is 0 Å². The molecule has 0 aliphatic carbocycles. The van der Waals surface area contributed by atoms with Crippen molar-refractivity contribution in [3.63, 3.8) is 0 Å². The van der Waals surface area contributed by atoms with Crippen molar-refractivity contribution < 1.29 is 0 Å². The molecule has 1 saturated heterocycles. The zero-order chi connectivity index (χ0) is 12.5. The Hall–Kier alpha value is -0.720. The van der Waals surface area contributed by atoms with E-state index in [0.717, 1.165) is 4.47 Å². The molecule has 94 valence electrons. The first-order valence-electron chi connectivity index (χ1n) is 5.81. The monoisotopic (exact) mass is 323 g/mol. The van der Waals surface area contributed by atoms with Crippen LogP contribution < -0.4 is 16.6 Å². The van der Waals surface area contributed by atoms with E-state index in [9.17, 15) is 0 Å². The number of nitrogens with two attached hydrogens (primary N) is 1. The van der Waals surface area contributed by atoms with Crippen molar-refractivity contribution in [3.8, 4) is 0 Å². The van der Waals surface area contributed by atoms with Gasteiger partial charge in [-0.1, -0.05) is 34.1 Å². The molecule has 2 aromatic rings. The normalized spacial score (nSPS) is 27.6. The smallest absolute Gasteiger partial charge is 0.0775 e. The van der Waals surface area contributed by atoms with Crippen molar-refractivity contribution in [1.29, 1.82) is 0 Å². The molecule has 1 aliphatic heterocycles. The van der Waals surface area contributed by atoms with Crippen LogP contribution in [0.5, 0.6) is 0 Å². The maximum atomic E-state index is 6.15. The Balaban J connectivity index is 1.93. The van der Waals surface area contributed by atoms with E-state index < -0.39 is 0 Å². The minimum atomic E-state index is -0.0581. The highest BCUT2D eigenvalue weighted by Crippen LogP contribution is 2.37. The van der Waals surface area contributed by atoms with Crippen molar-refractivity contribution in [2.75, 3.05) is 0 Å². The van der Waals surface area contributed by atoms with Gasteiger partial charge in [0.2, 0.25) is 0 Å². The van der Waals surface area contributed by atoms with Crippen LogP contribution >= 0.6 is 27.3 Å². The maximum Gasteiger partial charge on any atom is 0.0775 e. The number of hydrogen-bond donors (Lipinski definition) is 3. The SMILES string of the molecule is NC1NNC(c2ccc(Br)cc2)C1c1cccs1. The summed E-state index contributed by atoms with van der Waals surface area (Å²) < 4.78 is 1.09. The molecule has 0 radical (unpaired) electrons. The van der Waals surface area contributed by atoms with Crippen LogP contribution in [0, 0.1) is 0 Å². The third-order valence-electron chi connectivity index (χ3n) is 3.25. The lowest BCUT2D eigenvalue weighted by Gasteiger charge is -2.20. The van der Waals surface area contributed by atoms with Crippen LogP contribution in [0.15, 0.2) is 46.3 Å². The van der Waals surface area contributed by atoms with Gasteiger partial charge < -0.3 is 5.73 Å². The summed E-state index contributed by atoms with van der Waals surface area (Å²) in [6.07, 6.45) is -0.0581. The van der Waals surface area contributed by atoms with E-state index in [1.807, 2.05) is 0 Å². The molecule has 4 N–H and O–H groups in total. The molecule has 18 heavy (non-hydrogen) atoms. The molecule has 1 fully saturated rings. The lowest BCUT2D eigenvalue weighted by atomic mass is 9.92. The van der Waals surface area contributed by atoms with Crippen LogP contribution in [-0.4, -0.2) is 6.17 Å². The van der Waals surface area contributed by atoms with Gasteiger partial charge in [0.05, 0.1) is 12.2 Å². The minimum absolute atomic E-state index is 0.0581. The van der Waals surface area contributed by atoms with Gasteiger partial charge in [0, 0.05) is 15.3 Å². The van der Waals surface area contributed by atoms with Gasteiger partial charge in [-0.25, -0.2) is 10.9 Å². The fourth-order valence-electron chi connectivity index (χ4n) is 2.36. The molecule has 0 amide bonds. The first-order valence-corrected chi connectivity index (χ1v) is 7.48. The van der Waals surface area contributed by atoms with Gasteiger partial charge in [0.15, 0.2) is 0 Å². The summed E-state index contributed by atoms with van der Waals surface area (Å²) in [5, 5.41) is 2.10. The molecule has 3 rings (SSSR count). The molecule has 3 atom stereocenters. The van der Waals surface area contributed by atoms with E-state index in [2.05, 4.69) is 68.6 Å². The van der Waals surface area contributed by atoms with Crippen molar-refractivity contribution in [2.24, 2.45) is 5.73 Å². The minimum Gasteiger partial charge on any atom is -0.314 e. The Morgan fingerprint density at radius 2 is 1.89 bits per heavy atom. The van der Waals surface area contributed by atoms with Crippen molar-refractivity contribution in [3.05, 3.63) is 56.7 Å². The second-order valence-corrected chi connectivity index (χ2v) is 6.28. The average Bonchev–Trinajstić information content (AvgIpc) is 2.99. The predicted molar refractivity (Wildman–Crippen MR) is 78.2 cm³/mol. The number of benzene rings is 1. The zero-order valence-electron chi connectivity index (χ0n) is 9.64. The van der Waals surface area contributed by atoms with Gasteiger partial charge in [0.25, 0.3) is 0 Å². The summed E-state index contributed by atoms with van der Waals surface area (Å²) in [7, 11) is 0. The highest BCUT2D eigenvalue weighted by Gasteiger charge is 2.36. The molecule has 1 aromatic carbocycles. The Labute approximate surface area is 118 Å². The summed E-state index contributed by atoms with van der Waals surface area (Å²) >= 11 is 5.22. The largest absolute Gasteiger partial charge is 0.314 e. The van der Waals surface area contributed by atoms with Crippen molar-refractivity contribution in [2.45, 2.75) is 18.1 Å². The topological polar surface area (TPSA) is 50.1 Å². The third kappa shape index (κ3) is 2.24. The summed E-state index contributed by atoms with van der Waals surface area (Å²) in [5.41, 5.74) is 13.8. The van der Waals surface area contributed by atoms with E-state index in [-0.39, 0.29) is 18.1 Å². The first kappa shape index (κ1) is 12.3. The molecule has 1 aromatic heterocycles. The Morgan fingerprint density at radius 3 is 2.56 bits per heavy atom. The highest BCUT2D eigenvalue weighted by atomic mass is 79.9. The molecular formula is C13H14BrN3S. The van der Waals surface area contributed by atoms with Crippen LogP contribution in [0.1, 0.15) is 22.4 Å². The summed E-state index contributed by atoms with van der Waals surface area (Å²) in [5.74, 6) is 0.270. The number of halogens is 1. The molecule has 3 nitrogen and oxygen atoms in total. The standard InChI is InChI=1S/C13H14BrN3S/c14-9-5-3-8(4-6-9)12-11(13(15)17-16-12)10-2-1-7-18-10/h1-7,11-13,16-17H,15H2. The Bertz CT molecular complexity index is 512. The fraction of sp³-hybridized carbons (Fsp3) is 0.231. The lowest BCUT2D eigenvalue weighted by molar-refractivity contribution is 0.550. The Morgan fingerprint density at radius 1 is 1.11 bits per heavy atom. The number of rotatable bonds is 2. The third-order valence-corrected chi connectivity index (χ3v) is 4.75. The molecule has 5 heteroatoms. The number of thiophene rings is 1. The van der Waals surface area contributed by atoms with Gasteiger partial charge in [-0.3, -0.25) is 0 Å². The first-order chi connectivity index (χ1) is 8.75. The summed E-state index contributed by atoms with van der Waals surface area (Å²) in [4.78, 5) is 1.31. The van der Waals surface area contributed by atoms with Gasteiger partial charge in [-0.05, 0) is 29.1 Å². The zero-order valence-corrected chi connectivity index (χ0v) is 12.0. The molecule has 2 heterocycles. The van der Waals surface area contributed by atoms with E-state index in [1.54, 1.807) is 11.3 Å². The quantitative estimate of drug-likeness (QED) is 0.796. The lowest BCUT2D eigenvalue weighted by Crippen LogP contribution is -2.38. The fourth-order valence-corrected chi connectivity index (χ4v) is 3.53. The van der Waals surface area contributed by atoms with E-state index in [0.29, 0.717) is 0 Å². The van der Waals surface area contributed by atoms with Crippen LogP contribution in [0.4, 0.5) is 0 Å². The van der Waals surface area contributed by atoms with Crippen LogP contribution in [-0.2, 0) is 0 Å². The highest BCUT2D eigenvalue weighted by molar-refractivity contribution is 9.10. The second kappa shape index (κ2) is 5.11. The van der Waals surface area contributed by atoms with Gasteiger partial charge in [-0.15, -0.1) is 11.3 Å². The number of hydrogen-bond acceptors (Lipinski definition) is 4. The van der Waals surface area contributed by atoms with Crippen LogP contribution in [0.25, 0.3) is 0 Å². The maximum absolute atomic E-state index is 6.15. The summed E-state index contributed by atoms with van der Waals surface area (Å²) in [6.45, 7) is 0. The predicted octanol–water partition coefficient (Wildman–Crippen LogP) is 2.73. The number of nitrogens with one attached hydrogen (secondary N) is 2. The van der Waals surface area contributed by atoms with E-state index in [4.69, 9.17) is 5.73 Å². The van der Waals surface area contributed by atoms with Crippen LogP contribution in [0.2, 0.25) is 0 Å². The molecule has 0 bridgehead atoms. The van der Waals surface area contributed by atoms with Crippen molar-refractivity contribution in [1.82, 2.24) is 10.9 Å². The molecule has 1 aliphatic rings. The Kier molecular flexibility index (Phi) is 3.50. The molecule has 3 unspecified atom stereocenters. The summed E-state index contributed by atoms with van der Waals surface area (Å²) in [6, 6.07) is 12.8. The van der Waals surface area contributed by atoms with Crippen molar-refractivity contribution >= 4 is 27.3 Å². The van der Waals surface area contributed by atoms with E-state index in [1.165, 1.54) is 10.4 Å². The van der Waals surface area contributed by atoms with Gasteiger partial charge in [0.1, 0.15) is 0 Å². The number of hydrazine groups is 1. The van der Waals surface area contributed by atoms with Gasteiger partial charge in [-0.2, -0.15) is 0 Å². The van der Waals surface area contributed by atoms with Crippen LogP contribution in [0.3, 0.4) is 0 Å². The average molecular weight is 324 g/mol. The second-order valence-electron chi connectivity index (χ2n) is 4.38. The molecule has 0 spiro atoms. The molecule has 0 saturated carbocycles. The molecular weight excluding hydrogens is 310 g/mol.